The second kappa shape index (κ2) is 7.32. The summed E-state index contributed by atoms with van der Waals surface area (Å²) in [4.78, 5) is 41.1. The third kappa shape index (κ3) is 3.52. The lowest BCUT2D eigenvalue weighted by Crippen LogP contribution is -2.52. The van der Waals surface area contributed by atoms with Gasteiger partial charge in [0.15, 0.2) is 0 Å². The molecule has 1 aromatic carbocycles. The topological polar surface area (TPSA) is 69.7 Å². The minimum absolute atomic E-state index is 0.0964. The van der Waals surface area contributed by atoms with Crippen LogP contribution in [0.5, 0.6) is 0 Å². The Labute approximate surface area is 168 Å². The van der Waals surface area contributed by atoms with Crippen molar-refractivity contribution in [2.24, 2.45) is 0 Å². The minimum atomic E-state index is -1.34. The van der Waals surface area contributed by atoms with Gasteiger partial charge in [0.2, 0.25) is 5.91 Å². The fourth-order valence-electron chi connectivity index (χ4n) is 4.05. The number of carbonyl (C=O) groups excluding carboxylic acids is 3. The van der Waals surface area contributed by atoms with Crippen LogP contribution in [0.1, 0.15) is 45.6 Å². The maximum absolute atomic E-state index is 13.0. The van der Waals surface area contributed by atoms with Crippen LogP contribution in [-0.4, -0.2) is 46.3 Å². The number of nitrogens with zero attached hydrogens (tertiary/aromatic N) is 2. The van der Waals surface area contributed by atoms with Gasteiger partial charge in [-0.3, -0.25) is 14.5 Å². The van der Waals surface area contributed by atoms with Gasteiger partial charge in [0, 0.05) is 27.7 Å². The van der Waals surface area contributed by atoms with Crippen molar-refractivity contribution in [3.8, 4) is 0 Å². The zero-order chi connectivity index (χ0) is 19.9. The summed E-state index contributed by atoms with van der Waals surface area (Å²) >= 11 is 12.2. The van der Waals surface area contributed by atoms with Gasteiger partial charge in [-0.1, -0.05) is 29.3 Å². The monoisotopic (exact) mass is 411 g/mol. The molecule has 3 atom stereocenters. The van der Waals surface area contributed by atoms with E-state index in [0.29, 0.717) is 10.6 Å². The minimum Gasteiger partial charge on any atom is -0.336 e. The van der Waals surface area contributed by atoms with Crippen molar-refractivity contribution in [1.29, 1.82) is 0 Å². The largest absolute Gasteiger partial charge is 0.336 e. The number of nitrogens with one attached hydrogen (secondary N) is 1. The average Bonchev–Trinajstić information content (AvgIpc) is 2.78. The fraction of sp³-hybridized carbons (Fsp3) is 0.526. The molecule has 0 aromatic heterocycles. The SMILES string of the molecule is C[C@H]1CCC[C@H](C)N1C(=O)CN1C(=O)N[C@](C)(c2ccc(Cl)cc2Cl)C1=O. The van der Waals surface area contributed by atoms with E-state index < -0.39 is 17.5 Å². The molecule has 0 aliphatic carbocycles. The van der Waals surface area contributed by atoms with E-state index in [4.69, 9.17) is 23.2 Å². The number of hydrogen-bond donors (Lipinski definition) is 1. The van der Waals surface area contributed by atoms with Gasteiger partial charge in [-0.05, 0) is 52.2 Å². The number of likely N-dealkylation sites (tertiary alicyclic amines) is 1. The van der Waals surface area contributed by atoms with Gasteiger partial charge in [-0.2, -0.15) is 0 Å². The molecule has 4 amide bonds. The standard InChI is InChI=1S/C19H23Cl2N3O3/c1-11-5-4-6-12(2)24(11)16(25)10-23-17(26)19(3,22-18(23)27)14-8-7-13(20)9-15(14)21/h7-9,11-12H,4-6,10H2,1-3H3,(H,22,27)/t11-,12-,19+/m0/s1. The van der Waals surface area contributed by atoms with E-state index in [1.807, 2.05) is 13.8 Å². The summed E-state index contributed by atoms with van der Waals surface area (Å²) in [6.07, 6.45) is 2.92. The van der Waals surface area contributed by atoms with Crippen LogP contribution in [0.25, 0.3) is 0 Å². The van der Waals surface area contributed by atoms with Crippen LogP contribution in [0.15, 0.2) is 18.2 Å². The Morgan fingerprint density at radius 1 is 1.22 bits per heavy atom. The molecule has 0 saturated carbocycles. The number of rotatable bonds is 3. The van der Waals surface area contributed by atoms with Crippen LogP contribution >= 0.6 is 23.2 Å². The molecule has 6 nitrogen and oxygen atoms in total. The first-order valence-electron chi connectivity index (χ1n) is 9.06. The van der Waals surface area contributed by atoms with Crippen LogP contribution in [0.2, 0.25) is 10.0 Å². The normalized spacial score (nSPS) is 28.5. The van der Waals surface area contributed by atoms with Gasteiger partial charge in [-0.15, -0.1) is 0 Å². The Morgan fingerprint density at radius 2 is 1.85 bits per heavy atom. The molecule has 146 valence electrons. The average molecular weight is 412 g/mol. The number of benzene rings is 1. The molecule has 27 heavy (non-hydrogen) atoms. The van der Waals surface area contributed by atoms with E-state index in [9.17, 15) is 14.4 Å². The lowest BCUT2D eigenvalue weighted by atomic mass is 9.92. The molecule has 2 aliphatic rings. The summed E-state index contributed by atoms with van der Waals surface area (Å²) in [5, 5.41) is 3.39. The first-order chi connectivity index (χ1) is 12.6. The van der Waals surface area contributed by atoms with E-state index >= 15 is 0 Å². The van der Waals surface area contributed by atoms with E-state index in [1.165, 1.54) is 6.07 Å². The van der Waals surface area contributed by atoms with Crippen LogP contribution in [0.3, 0.4) is 0 Å². The van der Waals surface area contributed by atoms with Gasteiger partial charge in [0.1, 0.15) is 12.1 Å². The van der Waals surface area contributed by atoms with Crippen LogP contribution in [-0.2, 0) is 15.1 Å². The Bertz CT molecular complexity index is 790. The Morgan fingerprint density at radius 3 is 2.44 bits per heavy atom. The van der Waals surface area contributed by atoms with Gasteiger partial charge in [0.25, 0.3) is 5.91 Å². The predicted octanol–water partition coefficient (Wildman–Crippen LogP) is 3.55. The molecule has 0 spiro atoms. The quantitative estimate of drug-likeness (QED) is 0.772. The maximum atomic E-state index is 13.0. The van der Waals surface area contributed by atoms with Crippen LogP contribution in [0.4, 0.5) is 4.79 Å². The summed E-state index contributed by atoms with van der Waals surface area (Å²) in [7, 11) is 0. The number of hydrogen-bond acceptors (Lipinski definition) is 3. The van der Waals surface area contributed by atoms with Gasteiger partial charge < -0.3 is 10.2 Å². The van der Waals surface area contributed by atoms with Crippen molar-refractivity contribution in [2.45, 2.75) is 57.7 Å². The summed E-state index contributed by atoms with van der Waals surface area (Å²) in [5.41, 5.74) is -0.889. The predicted molar refractivity (Wildman–Crippen MR) is 104 cm³/mol. The van der Waals surface area contributed by atoms with Crippen molar-refractivity contribution >= 4 is 41.0 Å². The van der Waals surface area contributed by atoms with Gasteiger partial charge in [0.05, 0.1) is 0 Å². The number of carbonyl (C=O) groups is 3. The third-order valence-electron chi connectivity index (χ3n) is 5.52. The number of urea groups is 1. The number of halogens is 2. The fourth-order valence-corrected chi connectivity index (χ4v) is 4.65. The molecule has 0 unspecified atom stereocenters. The Hall–Kier alpha value is -1.79. The highest BCUT2D eigenvalue weighted by atomic mass is 35.5. The van der Waals surface area contributed by atoms with Gasteiger partial charge in [-0.25, -0.2) is 4.79 Å². The molecule has 0 bridgehead atoms. The van der Waals surface area contributed by atoms with Crippen LogP contribution in [0, 0.1) is 0 Å². The molecule has 3 rings (SSSR count). The van der Waals surface area contributed by atoms with Gasteiger partial charge >= 0.3 is 6.03 Å². The molecular formula is C19H23Cl2N3O3. The summed E-state index contributed by atoms with van der Waals surface area (Å²) < 4.78 is 0. The highest BCUT2D eigenvalue weighted by molar-refractivity contribution is 6.35. The second-order valence-electron chi connectivity index (χ2n) is 7.50. The van der Waals surface area contributed by atoms with Crippen LogP contribution < -0.4 is 5.32 Å². The highest BCUT2D eigenvalue weighted by Gasteiger charge is 2.51. The van der Waals surface area contributed by atoms with E-state index in [-0.39, 0.29) is 29.6 Å². The zero-order valence-electron chi connectivity index (χ0n) is 15.6. The van der Waals surface area contributed by atoms with E-state index in [2.05, 4.69) is 5.32 Å². The Balaban J connectivity index is 1.83. The number of imide groups is 1. The number of piperidine rings is 1. The zero-order valence-corrected chi connectivity index (χ0v) is 17.1. The van der Waals surface area contributed by atoms with Crippen molar-refractivity contribution in [1.82, 2.24) is 15.1 Å². The summed E-state index contributed by atoms with van der Waals surface area (Å²) in [6, 6.07) is 4.34. The van der Waals surface area contributed by atoms with Crippen molar-refractivity contribution in [3.05, 3.63) is 33.8 Å². The molecular weight excluding hydrogens is 389 g/mol. The summed E-state index contributed by atoms with van der Waals surface area (Å²) in [5.74, 6) is -0.716. The first kappa shape index (κ1) is 20.0. The first-order valence-corrected chi connectivity index (χ1v) is 9.81. The molecule has 8 heteroatoms. The molecule has 2 fully saturated rings. The molecule has 1 aromatic rings. The molecule has 2 saturated heterocycles. The number of amides is 4. The lowest BCUT2D eigenvalue weighted by Gasteiger charge is -2.39. The highest BCUT2D eigenvalue weighted by Crippen LogP contribution is 2.35. The molecule has 0 radical (unpaired) electrons. The molecule has 2 heterocycles. The second-order valence-corrected chi connectivity index (χ2v) is 8.34. The Kier molecular flexibility index (Phi) is 5.41. The smallest absolute Gasteiger partial charge is 0.325 e. The third-order valence-corrected chi connectivity index (χ3v) is 6.07. The van der Waals surface area contributed by atoms with Crippen molar-refractivity contribution in [2.75, 3.05) is 6.54 Å². The van der Waals surface area contributed by atoms with E-state index in [1.54, 1.807) is 24.0 Å². The van der Waals surface area contributed by atoms with Crippen molar-refractivity contribution < 1.29 is 14.4 Å². The molecule has 2 aliphatic heterocycles. The molecule has 1 N–H and O–H groups in total. The summed E-state index contributed by atoms with van der Waals surface area (Å²) in [6.45, 7) is 5.30. The van der Waals surface area contributed by atoms with E-state index in [0.717, 1.165) is 24.2 Å². The lowest BCUT2D eigenvalue weighted by molar-refractivity contribution is -0.142. The maximum Gasteiger partial charge on any atom is 0.325 e. The van der Waals surface area contributed by atoms with Crippen molar-refractivity contribution in [3.63, 3.8) is 0 Å².